The molecule has 1 heterocycles. The molecule has 0 saturated carbocycles. The van der Waals surface area contributed by atoms with Crippen LogP contribution in [-0.2, 0) is 40.8 Å². The van der Waals surface area contributed by atoms with Gasteiger partial charge in [-0.3, -0.25) is 19.2 Å². The van der Waals surface area contributed by atoms with E-state index in [-0.39, 0.29) is 71.7 Å². The van der Waals surface area contributed by atoms with Gasteiger partial charge in [0.1, 0.15) is 23.0 Å². The van der Waals surface area contributed by atoms with Gasteiger partial charge in [-0.1, -0.05) is 389 Å². The Hall–Kier alpha value is -4.64. The van der Waals surface area contributed by atoms with Crippen LogP contribution in [-0.4, -0.2) is 76.2 Å². The number of carbonyl (C=O) groups excluding carboxylic acids is 4. The predicted octanol–water partition coefficient (Wildman–Crippen LogP) is 27.5. The summed E-state index contributed by atoms with van der Waals surface area (Å²) < 4.78 is 28.4. The highest BCUT2D eigenvalue weighted by molar-refractivity contribution is 8.01. The first-order chi connectivity index (χ1) is 53.7. The molecular weight excluding hydrogens is 1470 g/mol. The van der Waals surface area contributed by atoms with Crippen LogP contribution < -0.4 is 40.2 Å². The van der Waals surface area contributed by atoms with Gasteiger partial charge in [0.25, 0.3) is 23.6 Å². The van der Waals surface area contributed by atoms with Crippen LogP contribution in [0.5, 0.6) is 23.0 Å². The van der Waals surface area contributed by atoms with Gasteiger partial charge >= 0.3 is 0 Å². The SMILES string of the molecule is CCCCCCCCCCCCNC(=O)COc1c2cc(C(C)(C)C)cc1Sc1cc(C(C)(C)C)cc(c1OCC(=O)NCCCCCCCCCCCC)Sc1cc(C(C)(C)C)cc(c1OCC(=O)NCCCCCCCCCCCC)Sc1cc(C(C)(C)C)cc(c1OCC(=O)NCCCCCCCCCCCC)S2. The molecule has 632 valence electrons. The summed E-state index contributed by atoms with van der Waals surface area (Å²) in [6.45, 7) is 37.0. The van der Waals surface area contributed by atoms with Crippen LogP contribution >= 0.6 is 47.0 Å². The maximum atomic E-state index is 14.4. The maximum Gasteiger partial charge on any atom is 0.257 e. The van der Waals surface area contributed by atoms with Crippen LogP contribution in [0.4, 0.5) is 0 Å². The van der Waals surface area contributed by atoms with Gasteiger partial charge in [0.15, 0.2) is 26.4 Å². The molecule has 0 unspecified atom stereocenters. The minimum absolute atomic E-state index is 0.201. The fourth-order valence-electron chi connectivity index (χ4n) is 13.8. The minimum Gasteiger partial charge on any atom is -0.481 e. The van der Waals surface area contributed by atoms with E-state index in [9.17, 15) is 19.2 Å². The number of hydrogen-bond acceptors (Lipinski definition) is 12. The van der Waals surface area contributed by atoms with E-state index in [0.29, 0.717) is 49.2 Å². The van der Waals surface area contributed by atoms with E-state index in [1.807, 2.05) is 0 Å². The van der Waals surface area contributed by atoms with Gasteiger partial charge in [0.05, 0.1) is 39.2 Å². The maximum absolute atomic E-state index is 14.4. The van der Waals surface area contributed by atoms with Gasteiger partial charge in [0.2, 0.25) is 0 Å². The summed E-state index contributed by atoms with van der Waals surface area (Å²) in [6.07, 6.45) is 48.2. The average molecular weight is 1620 g/mol. The van der Waals surface area contributed by atoms with Crippen LogP contribution in [0.15, 0.2) is 87.7 Å². The lowest BCUT2D eigenvalue weighted by Gasteiger charge is -2.28. The van der Waals surface area contributed by atoms with Crippen LogP contribution in [0.2, 0.25) is 0 Å². The molecule has 0 aliphatic carbocycles. The number of nitrogens with one attached hydrogen (secondary N) is 4. The summed E-state index contributed by atoms with van der Waals surface area (Å²) in [7, 11) is 0. The lowest BCUT2D eigenvalue weighted by atomic mass is 9.87. The Morgan fingerprint density at radius 2 is 0.366 bits per heavy atom. The third kappa shape index (κ3) is 39.1. The van der Waals surface area contributed by atoms with Crippen molar-refractivity contribution in [1.29, 1.82) is 0 Å². The van der Waals surface area contributed by atoms with Crippen molar-refractivity contribution in [2.24, 2.45) is 0 Å². The Kier molecular flexibility index (Phi) is 47.5. The van der Waals surface area contributed by atoms with E-state index in [0.717, 1.165) is 138 Å². The highest BCUT2D eigenvalue weighted by atomic mass is 32.2. The number of amides is 4. The Balaban J connectivity index is 1.72. The molecule has 0 saturated heterocycles. The van der Waals surface area contributed by atoms with Crippen molar-refractivity contribution in [1.82, 2.24) is 21.3 Å². The zero-order chi connectivity index (χ0) is 81.6. The molecule has 0 spiro atoms. The van der Waals surface area contributed by atoms with E-state index >= 15 is 0 Å². The monoisotopic (exact) mass is 1620 g/mol. The molecule has 0 radical (unpaired) electrons. The molecule has 0 fully saturated rings. The summed E-state index contributed by atoms with van der Waals surface area (Å²) in [4.78, 5) is 63.5. The molecule has 4 amide bonds. The molecule has 112 heavy (non-hydrogen) atoms. The predicted molar refractivity (Wildman–Crippen MR) is 478 cm³/mol. The molecule has 0 aromatic heterocycles. The third-order valence-corrected chi connectivity index (χ3v) is 25.4. The Labute approximate surface area is 700 Å². The summed E-state index contributed by atoms with van der Waals surface area (Å²) >= 11 is 6.06. The standard InChI is InChI=1S/C96H156N4O8S4/c1-17-21-25-29-33-37-41-45-49-53-57-97-85(101)69-105-89-77-61-73(93(5,6)7)62-78(89)110-80-64-75(95(11,12)13)66-82(91(80)107-71-87(103)99-59-55-51-47-43-39-35-31-27-23-19-3)112-84-68-76(96(14,15)16)67-83(92(84)108-72-88(104)100-60-56-52-48-44-40-36-32-28-24-20-4)111-81-65-74(94(8,9)10)63-79(109-77)90(81)106-70-86(102)98-58-54-50-46-42-38-34-30-26-22-18-2/h61-68H,17-60,69-72H2,1-16H3,(H,97,101)(H,98,102)(H,99,103)(H,100,104). The number of fused-ring (bicyclic) bond motifs is 8. The average Bonchev–Trinajstić information content (AvgIpc) is 0.761. The van der Waals surface area contributed by atoms with Crippen LogP contribution in [0.25, 0.3) is 0 Å². The van der Waals surface area contributed by atoms with Crippen molar-refractivity contribution in [3.05, 3.63) is 70.8 Å². The van der Waals surface area contributed by atoms with Crippen molar-refractivity contribution in [2.45, 2.75) is 428 Å². The number of benzene rings is 4. The number of ether oxygens (including phenoxy) is 4. The van der Waals surface area contributed by atoms with Crippen LogP contribution in [0, 0.1) is 0 Å². The van der Waals surface area contributed by atoms with Gasteiger partial charge in [-0.05, 0) is 118 Å². The molecule has 1 aliphatic rings. The topological polar surface area (TPSA) is 153 Å². The summed E-state index contributed by atoms with van der Waals surface area (Å²) in [6, 6.07) is 17.6. The number of carbonyl (C=O) groups is 4. The van der Waals surface area contributed by atoms with Crippen molar-refractivity contribution >= 4 is 70.7 Å². The molecule has 5 rings (SSSR count). The van der Waals surface area contributed by atoms with Gasteiger partial charge < -0.3 is 40.2 Å². The smallest absolute Gasteiger partial charge is 0.257 e. The van der Waals surface area contributed by atoms with Gasteiger partial charge in [0, 0.05) is 26.2 Å². The lowest BCUT2D eigenvalue weighted by molar-refractivity contribution is -0.123. The van der Waals surface area contributed by atoms with Gasteiger partial charge in [-0.25, -0.2) is 0 Å². The van der Waals surface area contributed by atoms with E-state index in [1.165, 1.54) is 227 Å². The van der Waals surface area contributed by atoms with E-state index in [2.05, 4.69) is 181 Å². The first kappa shape index (κ1) is 97.9. The Morgan fingerprint density at radius 3 is 0.500 bits per heavy atom. The zero-order valence-corrected chi connectivity index (χ0v) is 76.7. The molecule has 16 heteroatoms. The molecule has 4 aromatic carbocycles. The van der Waals surface area contributed by atoms with E-state index < -0.39 is 0 Å². The van der Waals surface area contributed by atoms with Crippen molar-refractivity contribution in [3.63, 3.8) is 0 Å². The number of rotatable bonds is 56. The highest BCUT2D eigenvalue weighted by Gasteiger charge is 2.32. The second-order valence-corrected chi connectivity index (χ2v) is 40.2. The summed E-state index contributed by atoms with van der Waals surface area (Å²) in [5, 5.41) is 12.9. The summed E-state index contributed by atoms with van der Waals surface area (Å²) in [5.74, 6) is 1.30. The quantitative estimate of drug-likeness (QED) is 0.0274. The normalized spacial score (nSPS) is 12.6. The van der Waals surface area contributed by atoms with Crippen molar-refractivity contribution in [3.8, 4) is 23.0 Å². The number of hydrogen-bond donors (Lipinski definition) is 4. The first-order valence-electron chi connectivity index (χ1n) is 44.7. The second kappa shape index (κ2) is 54.4. The zero-order valence-electron chi connectivity index (χ0n) is 73.5. The van der Waals surface area contributed by atoms with Gasteiger partial charge in [-0.2, -0.15) is 0 Å². The first-order valence-corrected chi connectivity index (χ1v) is 48.0. The second-order valence-electron chi connectivity index (χ2n) is 35.9. The summed E-state index contributed by atoms with van der Waals surface area (Å²) in [5.41, 5.74) is 2.69. The van der Waals surface area contributed by atoms with Crippen LogP contribution in [0.1, 0.15) is 390 Å². The Bertz CT molecular complexity index is 2830. The van der Waals surface area contributed by atoms with E-state index in [1.54, 1.807) is 0 Å². The Morgan fingerprint density at radius 1 is 0.232 bits per heavy atom. The largest absolute Gasteiger partial charge is 0.481 e. The van der Waals surface area contributed by atoms with Crippen molar-refractivity contribution in [2.75, 3.05) is 52.6 Å². The molecule has 8 bridgehead atoms. The molecule has 12 nitrogen and oxygen atoms in total. The minimum atomic E-state index is -0.371. The fourth-order valence-corrected chi connectivity index (χ4v) is 18.6. The van der Waals surface area contributed by atoms with Crippen LogP contribution in [0.3, 0.4) is 0 Å². The molecular formula is C96H156N4O8S4. The molecule has 1 aliphatic heterocycles. The number of unbranched alkanes of at least 4 members (excludes halogenated alkanes) is 36. The lowest BCUT2D eigenvalue weighted by Crippen LogP contribution is -2.30. The van der Waals surface area contributed by atoms with Crippen molar-refractivity contribution < 1.29 is 38.1 Å². The fraction of sp³-hybridized carbons (Fsp3) is 0.708. The van der Waals surface area contributed by atoms with E-state index in [4.69, 9.17) is 18.9 Å². The molecule has 4 N–H and O–H groups in total. The molecule has 0 atom stereocenters. The third-order valence-electron chi connectivity index (χ3n) is 21.2. The van der Waals surface area contributed by atoms with Gasteiger partial charge in [-0.15, -0.1) is 0 Å². The highest BCUT2D eigenvalue weighted by Crippen LogP contribution is 2.57. The molecule has 4 aromatic rings.